The first-order chi connectivity index (χ1) is 7.68. The summed E-state index contributed by atoms with van der Waals surface area (Å²) in [5.41, 5.74) is 7.78. The van der Waals surface area contributed by atoms with Crippen molar-refractivity contribution in [1.82, 2.24) is 5.32 Å². The average Bonchev–Trinajstić information content (AvgIpc) is 3.09. The Balaban J connectivity index is 2.16. The van der Waals surface area contributed by atoms with Crippen LogP contribution in [0.2, 0.25) is 0 Å². The highest BCUT2D eigenvalue weighted by Gasteiger charge is 2.36. The Morgan fingerprint density at radius 2 is 1.88 bits per heavy atom. The van der Waals surface area contributed by atoms with Crippen LogP contribution in [-0.4, -0.2) is 6.54 Å². The maximum Gasteiger partial charge on any atom is 0.0354 e. The Kier molecular flexibility index (Phi) is 2.32. The van der Waals surface area contributed by atoms with Crippen LogP contribution in [0.4, 0.5) is 0 Å². The first kappa shape index (κ1) is 10.3. The molecule has 1 unspecified atom stereocenters. The second-order valence-corrected chi connectivity index (χ2v) is 5.55. The lowest BCUT2D eigenvalue weighted by Gasteiger charge is -2.31. The summed E-state index contributed by atoms with van der Waals surface area (Å²) in [4.78, 5) is 0. The summed E-state index contributed by atoms with van der Waals surface area (Å²) in [7, 11) is 0. The van der Waals surface area contributed by atoms with E-state index in [-0.39, 0.29) is 0 Å². The molecule has 0 aromatic heterocycles. The van der Waals surface area contributed by atoms with Crippen LogP contribution in [-0.2, 0) is 6.42 Å². The molecule has 0 saturated heterocycles. The van der Waals surface area contributed by atoms with Gasteiger partial charge in [-0.05, 0) is 80.3 Å². The first-order valence-corrected chi connectivity index (χ1v) is 6.51. The number of fused-ring (bicyclic) bond motifs is 1. The minimum absolute atomic E-state index is 0.655. The molecule has 0 spiro atoms. The van der Waals surface area contributed by atoms with E-state index in [9.17, 15) is 0 Å². The molecule has 1 heterocycles. The van der Waals surface area contributed by atoms with Gasteiger partial charge in [-0.1, -0.05) is 6.07 Å². The molecule has 1 N–H and O–H groups in total. The van der Waals surface area contributed by atoms with Gasteiger partial charge in [0.15, 0.2) is 0 Å². The lowest BCUT2D eigenvalue weighted by atomic mass is 9.83. The summed E-state index contributed by atoms with van der Waals surface area (Å²) in [5, 5.41) is 3.73. The van der Waals surface area contributed by atoms with E-state index in [0.29, 0.717) is 6.04 Å². The van der Waals surface area contributed by atoms with Crippen molar-refractivity contribution in [3.8, 4) is 0 Å². The third kappa shape index (κ3) is 1.49. The van der Waals surface area contributed by atoms with Gasteiger partial charge in [0.1, 0.15) is 0 Å². The fourth-order valence-corrected chi connectivity index (χ4v) is 3.21. The fourth-order valence-electron chi connectivity index (χ4n) is 3.21. The largest absolute Gasteiger partial charge is 0.309 e. The zero-order valence-electron chi connectivity index (χ0n) is 10.6. The fraction of sp³-hybridized carbons (Fsp3) is 0.600. The molecule has 16 heavy (non-hydrogen) atoms. The third-order valence-corrected chi connectivity index (χ3v) is 4.37. The lowest BCUT2D eigenvalue weighted by Crippen LogP contribution is -2.32. The molecule has 2 aliphatic rings. The van der Waals surface area contributed by atoms with E-state index in [1.54, 1.807) is 11.1 Å². The Bertz CT molecular complexity index is 430. The SMILES string of the molecule is Cc1cc(C)c2c(c1C)C(C1CC1)NCC2. The molecular formula is C15H21N. The summed E-state index contributed by atoms with van der Waals surface area (Å²) < 4.78 is 0. The van der Waals surface area contributed by atoms with E-state index < -0.39 is 0 Å². The van der Waals surface area contributed by atoms with Crippen molar-refractivity contribution in [3.63, 3.8) is 0 Å². The molecule has 0 radical (unpaired) electrons. The van der Waals surface area contributed by atoms with Gasteiger partial charge in [-0.15, -0.1) is 0 Å². The molecule has 1 aliphatic carbocycles. The minimum atomic E-state index is 0.655. The standard InChI is InChI=1S/C15H21N/c1-9-8-10(2)13-6-7-16-15(12-4-5-12)14(13)11(9)3/h8,12,15-16H,4-7H2,1-3H3. The van der Waals surface area contributed by atoms with E-state index in [1.807, 2.05) is 0 Å². The maximum atomic E-state index is 3.73. The normalized spacial score (nSPS) is 24.3. The molecule has 0 amide bonds. The number of rotatable bonds is 1. The molecule has 1 heteroatoms. The van der Waals surface area contributed by atoms with Gasteiger partial charge < -0.3 is 5.32 Å². The third-order valence-electron chi connectivity index (χ3n) is 4.37. The molecule has 1 atom stereocenters. The molecule has 0 bridgehead atoms. The molecule has 1 aromatic carbocycles. The monoisotopic (exact) mass is 215 g/mol. The Morgan fingerprint density at radius 3 is 2.56 bits per heavy atom. The van der Waals surface area contributed by atoms with Crippen LogP contribution in [0.15, 0.2) is 6.07 Å². The van der Waals surface area contributed by atoms with Crippen LogP contribution in [0.3, 0.4) is 0 Å². The summed E-state index contributed by atoms with van der Waals surface area (Å²) in [6.45, 7) is 8.00. The summed E-state index contributed by atoms with van der Waals surface area (Å²) >= 11 is 0. The van der Waals surface area contributed by atoms with Crippen molar-refractivity contribution in [3.05, 3.63) is 33.9 Å². The molecular weight excluding hydrogens is 194 g/mol. The van der Waals surface area contributed by atoms with Gasteiger partial charge in [-0.3, -0.25) is 0 Å². The van der Waals surface area contributed by atoms with Crippen molar-refractivity contribution in [2.75, 3.05) is 6.54 Å². The number of nitrogens with one attached hydrogen (secondary N) is 1. The van der Waals surface area contributed by atoms with E-state index in [1.165, 1.54) is 36.0 Å². The van der Waals surface area contributed by atoms with Gasteiger partial charge in [0.05, 0.1) is 0 Å². The van der Waals surface area contributed by atoms with E-state index >= 15 is 0 Å². The van der Waals surface area contributed by atoms with E-state index in [4.69, 9.17) is 0 Å². The molecule has 1 aromatic rings. The number of benzene rings is 1. The van der Waals surface area contributed by atoms with Crippen LogP contribution < -0.4 is 5.32 Å². The highest BCUT2D eigenvalue weighted by Crippen LogP contribution is 2.45. The molecule has 1 fully saturated rings. The predicted octanol–water partition coefficient (Wildman–Crippen LogP) is 3.21. The Morgan fingerprint density at radius 1 is 1.12 bits per heavy atom. The lowest BCUT2D eigenvalue weighted by molar-refractivity contribution is 0.454. The predicted molar refractivity (Wildman–Crippen MR) is 67.8 cm³/mol. The molecule has 1 nitrogen and oxygen atoms in total. The minimum Gasteiger partial charge on any atom is -0.309 e. The first-order valence-electron chi connectivity index (χ1n) is 6.51. The Hall–Kier alpha value is -0.820. The topological polar surface area (TPSA) is 12.0 Å². The Labute approximate surface area is 98.3 Å². The van der Waals surface area contributed by atoms with Crippen LogP contribution in [0.5, 0.6) is 0 Å². The highest BCUT2D eigenvalue weighted by molar-refractivity contribution is 5.48. The van der Waals surface area contributed by atoms with E-state index in [0.717, 1.165) is 12.5 Å². The average molecular weight is 215 g/mol. The van der Waals surface area contributed by atoms with Crippen LogP contribution >= 0.6 is 0 Å². The van der Waals surface area contributed by atoms with E-state index in [2.05, 4.69) is 32.2 Å². The van der Waals surface area contributed by atoms with Gasteiger partial charge in [-0.25, -0.2) is 0 Å². The van der Waals surface area contributed by atoms with Gasteiger partial charge in [0.25, 0.3) is 0 Å². The molecule has 3 rings (SSSR count). The smallest absolute Gasteiger partial charge is 0.0354 e. The number of hydrogen-bond acceptors (Lipinski definition) is 1. The van der Waals surface area contributed by atoms with Gasteiger partial charge >= 0.3 is 0 Å². The van der Waals surface area contributed by atoms with Crippen LogP contribution in [0, 0.1) is 26.7 Å². The number of hydrogen-bond donors (Lipinski definition) is 1. The van der Waals surface area contributed by atoms with Crippen molar-refractivity contribution in [2.45, 2.75) is 46.1 Å². The van der Waals surface area contributed by atoms with Crippen molar-refractivity contribution in [1.29, 1.82) is 0 Å². The highest BCUT2D eigenvalue weighted by atomic mass is 14.9. The van der Waals surface area contributed by atoms with Gasteiger partial charge in [0, 0.05) is 6.04 Å². The van der Waals surface area contributed by atoms with Crippen molar-refractivity contribution < 1.29 is 0 Å². The summed E-state index contributed by atoms with van der Waals surface area (Å²) in [5.74, 6) is 0.916. The van der Waals surface area contributed by atoms with Gasteiger partial charge in [0.2, 0.25) is 0 Å². The zero-order valence-corrected chi connectivity index (χ0v) is 10.6. The zero-order chi connectivity index (χ0) is 11.3. The van der Waals surface area contributed by atoms with Crippen LogP contribution in [0.25, 0.3) is 0 Å². The second-order valence-electron chi connectivity index (χ2n) is 5.55. The molecule has 1 aliphatic heterocycles. The quantitative estimate of drug-likeness (QED) is 0.758. The molecule has 86 valence electrons. The van der Waals surface area contributed by atoms with Crippen molar-refractivity contribution in [2.24, 2.45) is 5.92 Å². The summed E-state index contributed by atoms with van der Waals surface area (Å²) in [6, 6.07) is 3.02. The number of aryl methyl sites for hydroxylation is 2. The second kappa shape index (κ2) is 3.59. The summed E-state index contributed by atoms with van der Waals surface area (Å²) in [6.07, 6.45) is 4.05. The maximum absolute atomic E-state index is 3.73. The van der Waals surface area contributed by atoms with Crippen LogP contribution in [0.1, 0.15) is 46.7 Å². The van der Waals surface area contributed by atoms with Gasteiger partial charge in [-0.2, -0.15) is 0 Å². The molecule has 1 saturated carbocycles. The van der Waals surface area contributed by atoms with Crippen molar-refractivity contribution >= 4 is 0 Å².